The molecular weight excluding hydrogens is 442 g/mol. The van der Waals surface area contributed by atoms with Gasteiger partial charge in [-0.15, -0.1) is 0 Å². The number of piperidine rings is 2. The van der Waals surface area contributed by atoms with Gasteiger partial charge >= 0.3 is 0 Å². The molecule has 0 bridgehead atoms. The molecule has 3 fully saturated rings. The first-order valence-electron chi connectivity index (χ1n) is 13.0. The topological polar surface area (TPSA) is 85.0 Å². The summed E-state index contributed by atoms with van der Waals surface area (Å²) in [6.07, 6.45) is 5.04. The molecule has 4 aliphatic rings. The molecule has 0 radical (unpaired) electrons. The lowest BCUT2D eigenvalue weighted by atomic mass is 10.0. The Balaban J connectivity index is 1.11. The second-order valence-electron chi connectivity index (χ2n) is 10.00. The molecule has 1 unspecified atom stereocenters. The Labute approximate surface area is 207 Å². The van der Waals surface area contributed by atoms with Gasteiger partial charge in [0, 0.05) is 62.7 Å². The van der Waals surface area contributed by atoms with Crippen LogP contribution in [0, 0.1) is 11.8 Å². The van der Waals surface area contributed by atoms with Gasteiger partial charge in [-0.1, -0.05) is 17.9 Å². The monoisotopic (exact) mass is 477 g/mol. The summed E-state index contributed by atoms with van der Waals surface area (Å²) in [5.74, 6) is 5.78. The average molecular weight is 478 g/mol. The highest BCUT2D eigenvalue weighted by atomic mass is 16.2. The molecule has 3 saturated heterocycles. The minimum absolute atomic E-state index is 0.151. The van der Waals surface area contributed by atoms with E-state index in [1.165, 1.54) is 25.9 Å². The normalized spacial score (nSPS) is 24.2. The second-order valence-corrected chi connectivity index (χ2v) is 10.00. The highest BCUT2D eigenvalue weighted by molar-refractivity contribution is 6.05. The minimum Gasteiger partial charge on any atom is -0.322 e. The number of benzene rings is 1. The number of piperazine rings is 1. The first kappa shape index (κ1) is 24.0. The molecule has 4 heterocycles. The number of carbonyl (C=O) groups excluding carboxylic acids is 3. The second kappa shape index (κ2) is 10.9. The molecule has 0 saturated carbocycles. The van der Waals surface area contributed by atoms with Gasteiger partial charge in [0.05, 0.1) is 0 Å². The van der Waals surface area contributed by atoms with Gasteiger partial charge in [0.2, 0.25) is 11.8 Å². The van der Waals surface area contributed by atoms with E-state index in [9.17, 15) is 14.4 Å². The van der Waals surface area contributed by atoms with Crippen LogP contribution in [0.15, 0.2) is 18.2 Å². The third kappa shape index (κ3) is 5.43. The number of hydrogen-bond donors (Lipinski definition) is 2. The van der Waals surface area contributed by atoms with E-state index in [2.05, 4.69) is 32.3 Å². The number of nitrogens with one attached hydrogen (secondary N) is 2. The van der Waals surface area contributed by atoms with Crippen LogP contribution in [0.3, 0.4) is 0 Å². The van der Waals surface area contributed by atoms with Crippen molar-refractivity contribution in [1.82, 2.24) is 25.3 Å². The predicted molar refractivity (Wildman–Crippen MR) is 133 cm³/mol. The van der Waals surface area contributed by atoms with E-state index in [0.29, 0.717) is 18.5 Å². The lowest BCUT2D eigenvalue weighted by Crippen LogP contribution is -2.52. The summed E-state index contributed by atoms with van der Waals surface area (Å²) in [5.41, 5.74) is 2.37. The molecule has 2 N–H and O–H groups in total. The molecule has 0 spiro atoms. The van der Waals surface area contributed by atoms with Crippen LogP contribution >= 0.6 is 0 Å². The van der Waals surface area contributed by atoms with Crippen LogP contribution in [0.5, 0.6) is 0 Å². The average Bonchev–Trinajstić information content (AvgIpc) is 3.21. The largest absolute Gasteiger partial charge is 0.322 e. The molecule has 1 aromatic carbocycles. The van der Waals surface area contributed by atoms with Crippen molar-refractivity contribution in [3.05, 3.63) is 34.9 Å². The Bertz CT molecular complexity index is 1030. The number of nitrogens with zero attached hydrogens (tertiary/aromatic N) is 3. The zero-order valence-electron chi connectivity index (χ0n) is 20.4. The summed E-state index contributed by atoms with van der Waals surface area (Å²) in [4.78, 5) is 43.5. The molecule has 4 aliphatic heterocycles. The van der Waals surface area contributed by atoms with Crippen molar-refractivity contribution in [3.63, 3.8) is 0 Å². The molecule has 0 aliphatic carbocycles. The van der Waals surface area contributed by atoms with Crippen LogP contribution in [-0.2, 0) is 16.1 Å². The fraction of sp³-hybridized carbons (Fsp3) is 0.593. The van der Waals surface area contributed by atoms with Crippen LogP contribution < -0.4 is 10.6 Å². The van der Waals surface area contributed by atoms with Gasteiger partial charge in [-0.3, -0.25) is 24.6 Å². The van der Waals surface area contributed by atoms with E-state index < -0.39 is 6.04 Å². The maximum Gasteiger partial charge on any atom is 0.255 e. The number of carbonyl (C=O) groups is 3. The van der Waals surface area contributed by atoms with E-state index in [4.69, 9.17) is 0 Å². The van der Waals surface area contributed by atoms with E-state index in [-0.39, 0.29) is 24.1 Å². The molecule has 3 amide bonds. The number of unbranched alkanes of at least 4 members (excludes halogenated alkanes) is 1. The molecule has 1 atom stereocenters. The van der Waals surface area contributed by atoms with Crippen LogP contribution in [0.25, 0.3) is 0 Å². The maximum atomic E-state index is 13.0. The Morgan fingerprint density at radius 1 is 1.00 bits per heavy atom. The molecule has 5 rings (SSSR count). The summed E-state index contributed by atoms with van der Waals surface area (Å²) in [7, 11) is 0. The molecule has 35 heavy (non-hydrogen) atoms. The van der Waals surface area contributed by atoms with Gasteiger partial charge in [-0.05, 0) is 63.0 Å². The zero-order valence-corrected chi connectivity index (χ0v) is 20.4. The lowest BCUT2D eigenvalue weighted by Gasteiger charge is -2.40. The third-order valence-corrected chi connectivity index (χ3v) is 7.81. The molecule has 0 aromatic heterocycles. The van der Waals surface area contributed by atoms with E-state index >= 15 is 0 Å². The van der Waals surface area contributed by atoms with Crippen molar-refractivity contribution in [2.24, 2.45) is 0 Å². The van der Waals surface area contributed by atoms with Crippen molar-refractivity contribution in [2.45, 2.75) is 57.2 Å². The van der Waals surface area contributed by atoms with Crippen LogP contribution in [0.1, 0.15) is 60.0 Å². The van der Waals surface area contributed by atoms with Crippen molar-refractivity contribution < 1.29 is 14.4 Å². The Hall–Kier alpha value is -2.73. The van der Waals surface area contributed by atoms with Gasteiger partial charge < -0.3 is 15.1 Å². The molecule has 1 aromatic rings. The molecular formula is C27H35N5O3. The third-order valence-electron chi connectivity index (χ3n) is 7.81. The summed E-state index contributed by atoms with van der Waals surface area (Å²) >= 11 is 0. The predicted octanol–water partition coefficient (Wildman–Crippen LogP) is 0.949. The van der Waals surface area contributed by atoms with E-state index in [1.807, 2.05) is 12.1 Å². The SMILES string of the molecule is O=C1CCC(N2Cc3c(C#CCCCN4CCN(C5CCNCC5)CC4)cccc3C2=O)C(=O)N1. The van der Waals surface area contributed by atoms with E-state index in [0.717, 1.165) is 62.7 Å². The first-order chi connectivity index (χ1) is 17.1. The number of rotatable bonds is 5. The van der Waals surface area contributed by atoms with Crippen molar-refractivity contribution in [2.75, 3.05) is 45.8 Å². The Morgan fingerprint density at radius 3 is 2.57 bits per heavy atom. The van der Waals surface area contributed by atoms with Gasteiger partial charge in [0.15, 0.2) is 0 Å². The standard InChI is InChI=1S/C27H35N5O3/c33-25-9-8-24(26(34)29-25)32-19-23-20(6-4-7-22(23)27(32)35)5-2-1-3-14-30-15-17-31(18-16-30)21-10-12-28-13-11-21/h4,6-7,21,24,28H,1,3,8-19H2,(H,29,33,34). The van der Waals surface area contributed by atoms with Crippen LogP contribution in [-0.4, -0.2) is 90.3 Å². The summed E-state index contributed by atoms with van der Waals surface area (Å²) in [5, 5.41) is 5.81. The molecule has 8 heteroatoms. The summed E-state index contributed by atoms with van der Waals surface area (Å²) in [6.45, 7) is 8.36. The van der Waals surface area contributed by atoms with Crippen molar-refractivity contribution in [1.29, 1.82) is 0 Å². The van der Waals surface area contributed by atoms with Crippen molar-refractivity contribution in [3.8, 4) is 11.8 Å². The molecule has 186 valence electrons. The number of hydrogen-bond acceptors (Lipinski definition) is 6. The Morgan fingerprint density at radius 2 is 1.80 bits per heavy atom. The number of amides is 3. The van der Waals surface area contributed by atoms with Gasteiger partial charge in [-0.2, -0.15) is 0 Å². The van der Waals surface area contributed by atoms with Crippen LogP contribution in [0.4, 0.5) is 0 Å². The van der Waals surface area contributed by atoms with Crippen LogP contribution in [0.2, 0.25) is 0 Å². The maximum absolute atomic E-state index is 13.0. The highest BCUT2D eigenvalue weighted by Crippen LogP contribution is 2.29. The summed E-state index contributed by atoms with van der Waals surface area (Å²) in [6, 6.07) is 5.78. The van der Waals surface area contributed by atoms with Gasteiger partial charge in [0.25, 0.3) is 5.91 Å². The smallest absolute Gasteiger partial charge is 0.255 e. The van der Waals surface area contributed by atoms with Gasteiger partial charge in [-0.25, -0.2) is 0 Å². The fourth-order valence-electron chi connectivity index (χ4n) is 5.78. The first-order valence-corrected chi connectivity index (χ1v) is 13.0. The number of imide groups is 1. The fourth-order valence-corrected chi connectivity index (χ4v) is 5.78. The van der Waals surface area contributed by atoms with E-state index in [1.54, 1.807) is 11.0 Å². The molecule has 8 nitrogen and oxygen atoms in total. The highest BCUT2D eigenvalue weighted by Gasteiger charge is 2.39. The minimum atomic E-state index is -0.594. The van der Waals surface area contributed by atoms with Gasteiger partial charge in [0.1, 0.15) is 6.04 Å². The Kier molecular flexibility index (Phi) is 7.47. The quantitative estimate of drug-likeness (QED) is 0.373. The summed E-state index contributed by atoms with van der Waals surface area (Å²) < 4.78 is 0. The zero-order chi connectivity index (χ0) is 24.2. The van der Waals surface area contributed by atoms with Crippen molar-refractivity contribution >= 4 is 17.7 Å². The number of fused-ring (bicyclic) bond motifs is 1. The lowest BCUT2D eigenvalue weighted by molar-refractivity contribution is -0.136.